The van der Waals surface area contributed by atoms with Crippen LogP contribution in [0.4, 0.5) is 11.4 Å². The molecule has 1 aliphatic rings. The van der Waals surface area contributed by atoms with Crippen LogP contribution >= 0.6 is 0 Å². The summed E-state index contributed by atoms with van der Waals surface area (Å²) in [5.41, 5.74) is 6.35. The molecule has 0 atom stereocenters. The largest absolute Gasteiger partial charge is 0.382 e. The molecule has 0 amide bonds. The number of hydrogen-bond donors (Lipinski definition) is 1. The summed E-state index contributed by atoms with van der Waals surface area (Å²) in [6, 6.07) is 15.8. The molecule has 0 aromatic heterocycles. The van der Waals surface area contributed by atoms with Crippen LogP contribution in [-0.4, -0.2) is 19.1 Å². The monoisotopic (exact) mass is 293 g/mol. The fraction of sp³-hybridized carbons (Fsp3) is 0.350. The molecule has 22 heavy (non-hydrogen) atoms. The van der Waals surface area contributed by atoms with Crippen molar-refractivity contribution < 1.29 is 0 Å². The van der Waals surface area contributed by atoms with Crippen molar-refractivity contribution in [3.05, 3.63) is 66.1 Å². The predicted octanol–water partition coefficient (Wildman–Crippen LogP) is 4.57. The van der Waals surface area contributed by atoms with E-state index in [1.165, 1.54) is 35.3 Å². The molecular formula is C20H25N2. The Morgan fingerprint density at radius 1 is 1.00 bits per heavy atom. The molecule has 2 nitrogen and oxygen atoms in total. The van der Waals surface area contributed by atoms with Gasteiger partial charge in [-0.3, -0.25) is 0 Å². The second-order valence-electron chi connectivity index (χ2n) is 6.39. The van der Waals surface area contributed by atoms with Crippen molar-refractivity contribution >= 4 is 11.4 Å². The highest BCUT2D eigenvalue weighted by atomic mass is 15.1. The van der Waals surface area contributed by atoms with Gasteiger partial charge >= 0.3 is 0 Å². The molecule has 0 saturated carbocycles. The van der Waals surface area contributed by atoms with Crippen LogP contribution in [0.1, 0.15) is 29.5 Å². The van der Waals surface area contributed by atoms with Crippen molar-refractivity contribution in [3.63, 3.8) is 0 Å². The van der Waals surface area contributed by atoms with E-state index in [4.69, 9.17) is 0 Å². The van der Waals surface area contributed by atoms with E-state index < -0.39 is 0 Å². The molecule has 3 rings (SSSR count). The van der Waals surface area contributed by atoms with Gasteiger partial charge in [-0.25, -0.2) is 0 Å². The molecule has 1 radical (unpaired) electrons. The minimum Gasteiger partial charge on any atom is -0.382 e. The third-order valence-electron chi connectivity index (χ3n) is 4.54. The van der Waals surface area contributed by atoms with Gasteiger partial charge in [0.2, 0.25) is 0 Å². The summed E-state index contributed by atoms with van der Waals surface area (Å²) >= 11 is 0. The fourth-order valence-electron chi connectivity index (χ4n) is 3.18. The Labute approximate surface area is 134 Å². The lowest BCUT2D eigenvalue weighted by molar-refractivity contribution is 0.526. The number of piperidine rings is 1. The Kier molecular flexibility index (Phi) is 4.37. The molecule has 2 aromatic carbocycles. The van der Waals surface area contributed by atoms with Gasteiger partial charge in [0.25, 0.3) is 0 Å². The van der Waals surface area contributed by atoms with Gasteiger partial charge < -0.3 is 10.2 Å². The number of rotatable bonds is 3. The molecule has 2 heteroatoms. The van der Waals surface area contributed by atoms with Gasteiger partial charge in [-0.15, -0.1) is 0 Å². The molecule has 0 aliphatic carbocycles. The second kappa shape index (κ2) is 6.43. The van der Waals surface area contributed by atoms with Crippen LogP contribution in [0.5, 0.6) is 0 Å². The summed E-state index contributed by atoms with van der Waals surface area (Å²) in [7, 11) is 0. The lowest BCUT2D eigenvalue weighted by atomic mass is 10.0. The molecule has 1 aliphatic heterocycles. The van der Waals surface area contributed by atoms with Gasteiger partial charge in [-0.2, -0.15) is 0 Å². The second-order valence-corrected chi connectivity index (χ2v) is 6.39. The van der Waals surface area contributed by atoms with E-state index >= 15 is 0 Å². The molecule has 1 saturated heterocycles. The van der Waals surface area contributed by atoms with Crippen LogP contribution in [-0.2, 0) is 0 Å². The third-order valence-corrected chi connectivity index (χ3v) is 4.54. The smallest absolute Gasteiger partial charge is 0.0372 e. The maximum absolute atomic E-state index is 3.95. The van der Waals surface area contributed by atoms with Crippen molar-refractivity contribution in [1.29, 1.82) is 0 Å². The Hall–Kier alpha value is -1.96. The van der Waals surface area contributed by atoms with Crippen LogP contribution in [0.2, 0.25) is 0 Å². The van der Waals surface area contributed by atoms with E-state index in [9.17, 15) is 0 Å². The zero-order valence-corrected chi connectivity index (χ0v) is 13.6. The molecule has 0 spiro atoms. The normalized spacial score (nSPS) is 15.9. The Morgan fingerprint density at radius 2 is 1.68 bits per heavy atom. The van der Waals surface area contributed by atoms with Gasteiger partial charge in [0.1, 0.15) is 0 Å². The summed E-state index contributed by atoms with van der Waals surface area (Å²) in [5, 5.41) is 3.72. The van der Waals surface area contributed by atoms with Crippen LogP contribution in [0.25, 0.3) is 0 Å². The number of aryl methyl sites for hydroxylation is 2. The van der Waals surface area contributed by atoms with Crippen molar-refractivity contribution in [2.24, 2.45) is 0 Å². The summed E-state index contributed by atoms with van der Waals surface area (Å²) < 4.78 is 0. The molecule has 1 N–H and O–H groups in total. The molecule has 2 aromatic rings. The van der Waals surface area contributed by atoms with Gasteiger partial charge in [-0.1, -0.05) is 29.8 Å². The minimum atomic E-state index is 0.574. The first-order valence-corrected chi connectivity index (χ1v) is 8.12. The van der Waals surface area contributed by atoms with Crippen LogP contribution in [0, 0.1) is 20.8 Å². The van der Waals surface area contributed by atoms with Crippen LogP contribution in [0.15, 0.2) is 42.5 Å². The lowest BCUT2D eigenvalue weighted by Gasteiger charge is -2.34. The van der Waals surface area contributed by atoms with Crippen molar-refractivity contribution in [2.75, 3.05) is 23.3 Å². The van der Waals surface area contributed by atoms with Gasteiger partial charge in [0, 0.05) is 30.5 Å². The number of nitrogens with one attached hydrogen (secondary N) is 1. The number of anilines is 2. The first-order valence-electron chi connectivity index (χ1n) is 8.12. The van der Waals surface area contributed by atoms with E-state index in [0.717, 1.165) is 18.7 Å². The Morgan fingerprint density at radius 3 is 2.32 bits per heavy atom. The Bertz CT molecular complexity index is 623. The number of nitrogens with zero attached hydrogens (tertiary/aromatic N) is 1. The highest BCUT2D eigenvalue weighted by molar-refractivity contribution is 5.53. The maximum atomic E-state index is 3.95. The van der Waals surface area contributed by atoms with Crippen molar-refractivity contribution in [2.45, 2.75) is 32.7 Å². The standard InChI is InChI=1S/C20H25N2/c1-15-4-7-19(8-5-15)22-12-10-18(11-13-22)21-20-9-6-16(2)14-17(20)3/h4-9,14,18,21H,1,10-13H2,2-3H3. The molecule has 1 heterocycles. The maximum Gasteiger partial charge on any atom is 0.0372 e. The molecule has 115 valence electrons. The van der Waals surface area contributed by atoms with Gasteiger partial charge in [0.15, 0.2) is 0 Å². The molecule has 1 fully saturated rings. The average Bonchev–Trinajstić information content (AvgIpc) is 2.52. The van der Waals surface area contributed by atoms with Crippen molar-refractivity contribution in [3.8, 4) is 0 Å². The van der Waals surface area contributed by atoms with E-state index in [2.05, 4.69) is 73.5 Å². The van der Waals surface area contributed by atoms with Gasteiger partial charge in [-0.05, 0) is 62.9 Å². The summed E-state index contributed by atoms with van der Waals surface area (Å²) in [6.07, 6.45) is 2.36. The lowest BCUT2D eigenvalue weighted by Crippen LogP contribution is -2.39. The van der Waals surface area contributed by atoms with E-state index in [1.807, 2.05) is 0 Å². The highest BCUT2D eigenvalue weighted by Crippen LogP contribution is 2.24. The summed E-state index contributed by atoms with van der Waals surface area (Å²) in [6.45, 7) is 10.5. The van der Waals surface area contributed by atoms with E-state index in [0.29, 0.717) is 6.04 Å². The third kappa shape index (κ3) is 3.44. The van der Waals surface area contributed by atoms with Crippen LogP contribution in [0.3, 0.4) is 0 Å². The summed E-state index contributed by atoms with van der Waals surface area (Å²) in [4.78, 5) is 2.47. The topological polar surface area (TPSA) is 15.3 Å². The zero-order valence-electron chi connectivity index (χ0n) is 13.6. The quantitative estimate of drug-likeness (QED) is 0.892. The minimum absolute atomic E-state index is 0.574. The molecule has 0 unspecified atom stereocenters. The molecule has 0 bridgehead atoms. The predicted molar refractivity (Wildman–Crippen MR) is 95.7 cm³/mol. The van der Waals surface area contributed by atoms with Gasteiger partial charge in [0.05, 0.1) is 0 Å². The first-order chi connectivity index (χ1) is 10.6. The zero-order chi connectivity index (χ0) is 15.5. The highest BCUT2D eigenvalue weighted by Gasteiger charge is 2.19. The fourth-order valence-corrected chi connectivity index (χ4v) is 3.18. The molecular weight excluding hydrogens is 268 g/mol. The number of benzene rings is 2. The Balaban J connectivity index is 1.58. The van der Waals surface area contributed by atoms with E-state index in [1.54, 1.807) is 0 Å². The number of hydrogen-bond acceptors (Lipinski definition) is 2. The van der Waals surface area contributed by atoms with Crippen molar-refractivity contribution in [1.82, 2.24) is 0 Å². The van der Waals surface area contributed by atoms with Crippen LogP contribution < -0.4 is 10.2 Å². The SMILES string of the molecule is [CH2]c1ccc(N2CCC(Nc3ccc(C)cc3C)CC2)cc1. The first kappa shape index (κ1) is 15.0. The average molecular weight is 293 g/mol. The van der Waals surface area contributed by atoms with E-state index in [-0.39, 0.29) is 0 Å². The summed E-state index contributed by atoms with van der Waals surface area (Å²) in [5.74, 6) is 0.